The van der Waals surface area contributed by atoms with E-state index < -0.39 is 0 Å². The summed E-state index contributed by atoms with van der Waals surface area (Å²) in [6.07, 6.45) is 0. The predicted molar refractivity (Wildman–Crippen MR) is 115 cm³/mol. The monoisotopic (exact) mass is 415 g/mol. The number of piperazine rings is 1. The molecule has 2 aliphatic heterocycles. The summed E-state index contributed by atoms with van der Waals surface area (Å²) in [5.41, 5.74) is 3.11. The third kappa shape index (κ3) is 4.43. The highest BCUT2D eigenvalue weighted by Crippen LogP contribution is 2.32. The Bertz CT molecular complexity index is 897. The summed E-state index contributed by atoms with van der Waals surface area (Å²) in [5.74, 6) is 1.37. The number of carbonyl (C=O) groups is 1. The third-order valence-electron chi connectivity index (χ3n) is 5.56. The molecule has 2 aromatic carbocycles. The van der Waals surface area contributed by atoms with Gasteiger partial charge in [0.2, 0.25) is 5.91 Å². The molecule has 0 radical (unpaired) electrons. The number of hydrogen-bond donors (Lipinski definition) is 1. The lowest BCUT2D eigenvalue weighted by Gasteiger charge is -2.39. The van der Waals surface area contributed by atoms with E-state index in [-0.39, 0.29) is 11.9 Å². The molecule has 1 atom stereocenters. The maximum atomic E-state index is 12.8. The smallest absolute Gasteiger partial charge is 0.241 e. The molecule has 4 rings (SSSR count). The van der Waals surface area contributed by atoms with Crippen molar-refractivity contribution >= 4 is 28.9 Å². The van der Waals surface area contributed by atoms with Gasteiger partial charge in [-0.1, -0.05) is 17.7 Å². The van der Waals surface area contributed by atoms with Crippen molar-refractivity contribution in [3.8, 4) is 11.5 Å². The van der Waals surface area contributed by atoms with Gasteiger partial charge < -0.3 is 19.7 Å². The van der Waals surface area contributed by atoms with Crippen LogP contribution >= 0.6 is 11.6 Å². The first kappa shape index (κ1) is 19.9. The molecule has 7 heteroatoms. The minimum atomic E-state index is -0.217. The molecule has 0 aliphatic carbocycles. The van der Waals surface area contributed by atoms with Crippen molar-refractivity contribution in [3.63, 3.8) is 0 Å². The molecule has 0 saturated carbocycles. The molecule has 0 aromatic heterocycles. The van der Waals surface area contributed by atoms with Crippen molar-refractivity contribution < 1.29 is 14.3 Å². The minimum absolute atomic E-state index is 0.0194. The molecule has 29 heavy (non-hydrogen) atoms. The Kier molecular flexibility index (Phi) is 5.83. The zero-order chi connectivity index (χ0) is 20.4. The fraction of sp³-hybridized carbons (Fsp3) is 0.409. The van der Waals surface area contributed by atoms with Gasteiger partial charge in [0.1, 0.15) is 13.2 Å². The summed E-state index contributed by atoms with van der Waals surface area (Å²) in [5, 5.41) is 3.75. The van der Waals surface area contributed by atoms with Crippen molar-refractivity contribution in [2.45, 2.75) is 19.9 Å². The molecule has 1 fully saturated rings. The lowest BCUT2D eigenvalue weighted by atomic mass is 10.1. The zero-order valence-corrected chi connectivity index (χ0v) is 17.5. The Labute approximate surface area is 176 Å². The zero-order valence-electron chi connectivity index (χ0n) is 16.8. The van der Waals surface area contributed by atoms with Crippen molar-refractivity contribution in [1.29, 1.82) is 0 Å². The van der Waals surface area contributed by atoms with Crippen molar-refractivity contribution in [1.82, 2.24) is 4.90 Å². The topological polar surface area (TPSA) is 54.0 Å². The number of anilines is 2. The number of carbonyl (C=O) groups excluding carboxylic acids is 1. The van der Waals surface area contributed by atoms with Crippen LogP contribution in [-0.4, -0.2) is 56.2 Å². The number of nitrogens with one attached hydrogen (secondary N) is 1. The second-order valence-corrected chi connectivity index (χ2v) is 7.91. The largest absolute Gasteiger partial charge is 0.486 e. The number of fused-ring (bicyclic) bond motifs is 1. The van der Waals surface area contributed by atoms with Gasteiger partial charge in [-0.05, 0) is 43.7 Å². The fourth-order valence-electron chi connectivity index (χ4n) is 3.81. The first-order valence-corrected chi connectivity index (χ1v) is 10.3. The van der Waals surface area contributed by atoms with Crippen LogP contribution in [0.1, 0.15) is 12.5 Å². The van der Waals surface area contributed by atoms with Gasteiger partial charge >= 0.3 is 0 Å². The second-order valence-electron chi connectivity index (χ2n) is 7.48. The Morgan fingerprint density at radius 2 is 1.76 bits per heavy atom. The summed E-state index contributed by atoms with van der Waals surface area (Å²) >= 11 is 6.17. The molecule has 1 amide bonds. The second kappa shape index (κ2) is 8.51. The van der Waals surface area contributed by atoms with Gasteiger partial charge in [0.05, 0.1) is 6.04 Å². The van der Waals surface area contributed by atoms with E-state index in [4.69, 9.17) is 21.1 Å². The number of rotatable bonds is 4. The number of ether oxygens (including phenoxy) is 2. The number of amides is 1. The van der Waals surface area contributed by atoms with Gasteiger partial charge in [-0.2, -0.15) is 0 Å². The van der Waals surface area contributed by atoms with E-state index in [1.807, 2.05) is 43.3 Å². The van der Waals surface area contributed by atoms with Crippen LogP contribution in [0, 0.1) is 6.92 Å². The summed E-state index contributed by atoms with van der Waals surface area (Å²) in [6.45, 7) is 8.50. The molecule has 0 unspecified atom stereocenters. The average molecular weight is 416 g/mol. The van der Waals surface area contributed by atoms with Crippen molar-refractivity contribution in [2.24, 2.45) is 0 Å². The number of halogens is 1. The van der Waals surface area contributed by atoms with Gasteiger partial charge in [-0.3, -0.25) is 9.69 Å². The lowest BCUT2D eigenvalue weighted by molar-refractivity contribution is -0.120. The molecule has 1 saturated heterocycles. The molecule has 2 aliphatic rings. The van der Waals surface area contributed by atoms with E-state index >= 15 is 0 Å². The van der Waals surface area contributed by atoms with Gasteiger partial charge in [0.25, 0.3) is 0 Å². The Morgan fingerprint density at radius 1 is 1.03 bits per heavy atom. The fourth-order valence-corrected chi connectivity index (χ4v) is 3.97. The first-order valence-electron chi connectivity index (χ1n) is 9.97. The van der Waals surface area contributed by atoms with Gasteiger partial charge in [-0.25, -0.2) is 0 Å². The predicted octanol–water partition coefficient (Wildman–Crippen LogP) is 3.57. The van der Waals surface area contributed by atoms with E-state index in [9.17, 15) is 4.79 Å². The first-order chi connectivity index (χ1) is 14.0. The van der Waals surface area contributed by atoms with Crippen LogP contribution in [0.5, 0.6) is 11.5 Å². The van der Waals surface area contributed by atoms with Crippen LogP contribution in [0.15, 0.2) is 36.4 Å². The minimum Gasteiger partial charge on any atom is -0.486 e. The molecule has 0 bridgehead atoms. The third-order valence-corrected chi connectivity index (χ3v) is 5.80. The molecule has 2 heterocycles. The van der Waals surface area contributed by atoms with Crippen LogP contribution < -0.4 is 19.7 Å². The number of aryl methyl sites for hydroxylation is 1. The van der Waals surface area contributed by atoms with Crippen LogP contribution in [0.4, 0.5) is 11.4 Å². The molecular formula is C22H26ClN3O3. The van der Waals surface area contributed by atoms with Crippen molar-refractivity contribution in [2.75, 3.05) is 49.6 Å². The highest BCUT2D eigenvalue weighted by molar-refractivity contribution is 6.30. The molecule has 1 N–H and O–H groups in total. The maximum absolute atomic E-state index is 12.8. The standard InChI is InChI=1S/C22H26ClN3O3/c1-15-3-4-17(23)13-19(15)26-9-7-25(8-10-26)16(2)22(27)24-18-5-6-20-21(14-18)29-12-11-28-20/h3-6,13-14,16H,7-12H2,1-2H3,(H,24,27)/t16-/m1/s1. The summed E-state index contributed by atoms with van der Waals surface area (Å²) in [7, 11) is 0. The number of benzene rings is 2. The average Bonchev–Trinajstić information content (AvgIpc) is 2.75. The SMILES string of the molecule is Cc1ccc(Cl)cc1N1CCN([C@H](C)C(=O)Nc2ccc3c(c2)OCCO3)CC1. The molecule has 6 nitrogen and oxygen atoms in total. The van der Waals surface area contributed by atoms with Crippen LogP contribution in [0.3, 0.4) is 0 Å². The van der Waals surface area contributed by atoms with Crippen LogP contribution in [-0.2, 0) is 4.79 Å². The van der Waals surface area contributed by atoms with E-state index in [1.165, 1.54) is 11.3 Å². The molecule has 2 aromatic rings. The van der Waals surface area contributed by atoms with E-state index in [2.05, 4.69) is 22.0 Å². The Hall–Kier alpha value is -2.44. The maximum Gasteiger partial charge on any atom is 0.241 e. The Morgan fingerprint density at radius 3 is 2.52 bits per heavy atom. The van der Waals surface area contributed by atoms with Gasteiger partial charge in [0, 0.05) is 48.6 Å². The highest BCUT2D eigenvalue weighted by atomic mass is 35.5. The van der Waals surface area contributed by atoms with Crippen LogP contribution in [0.2, 0.25) is 5.02 Å². The summed E-state index contributed by atoms with van der Waals surface area (Å²) in [4.78, 5) is 17.3. The summed E-state index contributed by atoms with van der Waals surface area (Å²) < 4.78 is 11.1. The van der Waals surface area contributed by atoms with Gasteiger partial charge in [0.15, 0.2) is 11.5 Å². The molecule has 154 valence electrons. The Balaban J connectivity index is 1.35. The van der Waals surface area contributed by atoms with Crippen LogP contribution in [0.25, 0.3) is 0 Å². The molecule has 0 spiro atoms. The molecular weight excluding hydrogens is 390 g/mol. The van der Waals surface area contributed by atoms with Crippen molar-refractivity contribution in [3.05, 3.63) is 47.0 Å². The van der Waals surface area contributed by atoms with E-state index in [0.29, 0.717) is 19.0 Å². The quantitative estimate of drug-likeness (QED) is 0.827. The number of hydrogen-bond acceptors (Lipinski definition) is 5. The number of nitrogens with zero attached hydrogens (tertiary/aromatic N) is 2. The van der Waals surface area contributed by atoms with E-state index in [1.54, 1.807) is 0 Å². The van der Waals surface area contributed by atoms with E-state index in [0.717, 1.165) is 42.6 Å². The summed E-state index contributed by atoms with van der Waals surface area (Å²) in [6, 6.07) is 11.3. The van der Waals surface area contributed by atoms with Gasteiger partial charge in [-0.15, -0.1) is 0 Å². The normalized spacial score (nSPS) is 17.7. The highest BCUT2D eigenvalue weighted by Gasteiger charge is 2.26. The lowest BCUT2D eigenvalue weighted by Crippen LogP contribution is -2.53.